The summed E-state index contributed by atoms with van der Waals surface area (Å²) in [5.41, 5.74) is 8.33. The molecule has 0 atom stereocenters. The van der Waals surface area contributed by atoms with Gasteiger partial charge >= 0.3 is 0 Å². The van der Waals surface area contributed by atoms with Crippen molar-refractivity contribution < 1.29 is 4.74 Å². The molecule has 0 unspecified atom stereocenters. The molecule has 0 radical (unpaired) electrons. The summed E-state index contributed by atoms with van der Waals surface area (Å²) in [5.74, 6) is 0.202. The topological polar surface area (TPSA) is 111 Å². The maximum atomic E-state index is 8.80. The monoisotopic (exact) mass is 352 g/mol. The van der Waals surface area contributed by atoms with Crippen LogP contribution in [0.1, 0.15) is 0 Å². The number of rotatable bonds is 7. The van der Waals surface area contributed by atoms with Crippen molar-refractivity contribution in [2.75, 3.05) is 32.7 Å². The first kappa shape index (κ1) is 16.9. The lowest BCUT2D eigenvalue weighted by atomic mass is 10.3. The zero-order chi connectivity index (χ0) is 15.8. The molecular weight excluding hydrogens is 336 g/mol. The predicted octanol–water partition coefficient (Wildman–Crippen LogP) is 1.62. The van der Waals surface area contributed by atoms with Crippen molar-refractivity contribution in [3.63, 3.8) is 0 Å². The molecule has 21 heavy (non-hydrogen) atoms. The molecule has 112 valence electrons. The summed E-state index contributed by atoms with van der Waals surface area (Å²) < 4.78 is 6.55. The molecule has 0 bridgehead atoms. The van der Waals surface area contributed by atoms with Crippen LogP contribution >= 0.6 is 15.9 Å². The Labute approximate surface area is 132 Å². The third kappa shape index (κ3) is 5.81. The van der Waals surface area contributed by atoms with Gasteiger partial charge in [-0.15, -0.1) is 0 Å². The smallest absolute Gasteiger partial charge is 0.201 e. The summed E-state index contributed by atoms with van der Waals surface area (Å²) in [4.78, 5) is 2.01. The van der Waals surface area contributed by atoms with Crippen LogP contribution in [0, 0.1) is 16.7 Å². The minimum absolute atomic E-state index is 0.183. The Bertz CT molecular complexity index is 579. The van der Waals surface area contributed by atoms with Crippen molar-refractivity contribution in [3.8, 4) is 11.8 Å². The Morgan fingerprint density at radius 3 is 2.86 bits per heavy atom. The second-order valence-electron chi connectivity index (χ2n) is 4.39. The molecule has 0 heterocycles. The normalized spacial score (nSPS) is 11.1. The lowest BCUT2D eigenvalue weighted by molar-refractivity contribution is 0.262. The zero-order valence-corrected chi connectivity index (χ0v) is 13.4. The summed E-state index contributed by atoms with van der Waals surface area (Å²) in [6.07, 6.45) is 0. The second-order valence-corrected chi connectivity index (χ2v) is 5.31. The summed E-state index contributed by atoms with van der Waals surface area (Å²) >= 11 is 3.37. The highest BCUT2D eigenvalue weighted by Crippen LogP contribution is 2.28. The van der Waals surface area contributed by atoms with E-state index < -0.39 is 5.84 Å². The predicted molar refractivity (Wildman–Crippen MR) is 86.8 cm³/mol. The van der Waals surface area contributed by atoms with Gasteiger partial charge < -0.3 is 15.4 Å². The number of ether oxygens (including phenoxy) is 1. The maximum absolute atomic E-state index is 8.80. The fourth-order valence-corrected chi connectivity index (χ4v) is 1.65. The number of hydrogen-bond acceptors (Lipinski definition) is 6. The molecule has 0 aromatic heterocycles. The Hall–Kier alpha value is -2.11. The van der Waals surface area contributed by atoms with Gasteiger partial charge in [0.1, 0.15) is 18.4 Å². The summed E-state index contributed by atoms with van der Waals surface area (Å²) in [5, 5.41) is 19.8. The van der Waals surface area contributed by atoms with Crippen LogP contribution in [0.15, 0.2) is 27.8 Å². The van der Waals surface area contributed by atoms with E-state index in [1.807, 2.05) is 25.1 Å². The van der Waals surface area contributed by atoms with Crippen LogP contribution in [-0.4, -0.2) is 43.7 Å². The average Bonchev–Trinajstić information content (AvgIpc) is 2.40. The molecule has 7 nitrogen and oxygen atoms in total. The minimum Gasteiger partial charge on any atom is -0.490 e. The summed E-state index contributed by atoms with van der Waals surface area (Å²) in [7, 11) is 3.92. The number of nitriles is 1. The van der Waals surface area contributed by atoms with Gasteiger partial charge in [-0.25, -0.2) is 0 Å². The number of nitrogens with zero attached hydrogens (tertiary/aromatic N) is 3. The van der Waals surface area contributed by atoms with Crippen LogP contribution in [0.5, 0.6) is 5.75 Å². The van der Waals surface area contributed by atoms with E-state index in [2.05, 4.69) is 26.5 Å². The number of nitrogens with two attached hydrogens (primary N) is 1. The van der Waals surface area contributed by atoms with E-state index in [1.54, 1.807) is 18.2 Å². The summed E-state index contributed by atoms with van der Waals surface area (Å²) in [6.45, 7) is 1.28. The molecule has 1 aromatic rings. The Morgan fingerprint density at radius 1 is 1.57 bits per heavy atom. The molecule has 1 rings (SSSR count). The SMILES string of the molecule is CN(C)CCOc1cc(Br)ccc1N/N=C(\C#N)C(=N)N. The molecule has 8 heteroatoms. The van der Waals surface area contributed by atoms with Gasteiger partial charge in [-0.3, -0.25) is 10.8 Å². The lowest BCUT2D eigenvalue weighted by Crippen LogP contribution is -2.22. The molecule has 4 N–H and O–H groups in total. The number of likely N-dealkylation sites (N-methyl/N-ethyl adjacent to an activating group) is 1. The van der Waals surface area contributed by atoms with E-state index in [0.717, 1.165) is 11.0 Å². The van der Waals surface area contributed by atoms with E-state index in [1.165, 1.54) is 0 Å². The number of benzene rings is 1. The van der Waals surface area contributed by atoms with Crippen LogP contribution < -0.4 is 15.9 Å². The fourth-order valence-electron chi connectivity index (χ4n) is 1.31. The average molecular weight is 353 g/mol. The van der Waals surface area contributed by atoms with Gasteiger partial charge in [0, 0.05) is 11.0 Å². The minimum atomic E-state index is -0.391. The molecule has 0 fully saturated rings. The number of hydrogen-bond donors (Lipinski definition) is 3. The van der Waals surface area contributed by atoms with Crippen molar-refractivity contribution in [1.29, 1.82) is 10.7 Å². The van der Waals surface area contributed by atoms with Crippen LogP contribution in [0.3, 0.4) is 0 Å². The Morgan fingerprint density at radius 2 is 2.29 bits per heavy atom. The third-order valence-electron chi connectivity index (χ3n) is 2.39. The van der Waals surface area contributed by atoms with Crippen molar-refractivity contribution in [2.24, 2.45) is 10.8 Å². The molecule has 0 spiro atoms. The molecule has 0 aliphatic rings. The van der Waals surface area contributed by atoms with Gasteiger partial charge in [-0.1, -0.05) is 15.9 Å². The van der Waals surface area contributed by atoms with Crippen molar-refractivity contribution in [3.05, 3.63) is 22.7 Å². The fraction of sp³-hybridized carbons (Fsp3) is 0.308. The molecule has 0 amide bonds. The highest BCUT2D eigenvalue weighted by molar-refractivity contribution is 9.10. The van der Waals surface area contributed by atoms with Gasteiger partial charge in [0.15, 0.2) is 5.84 Å². The van der Waals surface area contributed by atoms with E-state index in [0.29, 0.717) is 18.0 Å². The van der Waals surface area contributed by atoms with Crippen LogP contribution in [-0.2, 0) is 0 Å². The van der Waals surface area contributed by atoms with Gasteiger partial charge in [0.25, 0.3) is 0 Å². The van der Waals surface area contributed by atoms with Gasteiger partial charge in [-0.05, 0) is 32.3 Å². The van der Waals surface area contributed by atoms with Crippen molar-refractivity contribution >= 4 is 33.2 Å². The van der Waals surface area contributed by atoms with E-state index in [-0.39, 0.29) is 5.71 Å². The standard InChI is InChI=1S/C13H17BrN6O/c1-20(2)5-6-21-12-7-9(14)3-4-10(12)18-19-11(8-15)13(16)17/h3-4,7,18H,5-6H2,1-2H3,(H3,16,17)/b19-11+. The number of anilines is 1. The molecule has 0 aliphatic heterocycles. The number of nitrogens with one attached hydrogen (secondary N) is 2. The maximum Gasteiger partial charge on any atom is 0.201 e. The molecule has 1 aromatic carbocycles. The summed E-state index contributed by atoms with van der Waals surface area (Å²) in [6, 6.07) is 7.11. The first-order valence-electron chi connectivity index (χ1n) is 6.09. The molecule has 0 aliphatic carbocycles. The highest BCUT2D eigenvalue weighted by atomic mass is 79.9. The van der Waals surface area contributed by atoms with Crippen molar-refractivity contribution in [1.82, 2.24) is 4.90 Å². The van der Waals surface area contributed by atoms with Crippen LogP contribution in [0.4, 0.5) is 5.69 Å². The second kappa shape index (κ2) is 8.24. The number of amidine groups is 1. The Kier molecular flexibility index (Phi) is 6.65. The largest absolute Gasteiger partial charge is 0.490 e. The molecule has 0 saturated heterocycles. The first-order valence-corrected chi connectivity index (χ1v) is 6.88. The number of halogens is 1. The highest BCUT2D eigenvalue weighted by Gasteiger charge is 2.06. The number of hydrazone groups is 1. The van der Waals surface area contributed by atoms with Gasteiger partial charge in [0.2, 0.25) is 5.71 Å². The van der Waals surface area contributed by atoms with Gasteiger partial charge in [-0.2, -0.15) is 10.4 Å². The van der Waals surface area contributed by atoms with Crippen molar-refractivity contribution in [2.45, 2.75) is 0 Å². The van der Waals surface area contributed by atoms with E-state index in [9.17, 15) is 0 Å². The molecule has 0 saturated carbocycles. The van der Waals surface area contributed by atoms with Gasteiger partial charge in [0.05, 0.1) is 5.69 Å². The van der Waals surface area contributed by atoms with E-state index >= 15 is 0 Å². The zero-order valence-electron chi connectivity index (χ0n) is 11.9. The first-order chi connectivity index (χ1) is 9.93. The third-order valence-corrected chi connectivity index (χ3v) is 2.88. The van der Waals surface area contributed by atoms with Crippen LogP contribution in [0.25, 0.3) is 0 Å². The molecular formula is C13H17BrN6O. The lowest BCUT2D eigenvalue weighted by Gasteiger charge is -2.14. The van der Waals surface area contributed by atoms with Crippen LogP contribution in [0.2, 0.25) is 0 Å². The quantitative estimate of drug-likeness (QED) is 0.392. The van der Waals surface area contributed by atoms with E-state index in [4.69, 9.17) is 21.1 Å². The Balaban J connectivity index is 2.86.